The maximum Gasteiger partial charge on any atom is 0.315 e. The van der Waals surface area contributed by atoms with Gasteiger partial charge >= 0.3 is 6.03 Å². The lowest BCUT2D eigenvalue weighted by molar-refractivity contribution is 0.154. The van der Waals surface area contributed by atoms with Gasteiger partial charge in [0.05, 0.1) is 12.1 Å². The minimum absolute atomic E-state index is 0.0569. The molecular weight excluding hydrogens is 299 g/mol. The highest BCUT2D eigenvalue weighted by atomic mass is 19.1. The summed E-state index contributed by atoms with van der Waals surface area (Å²) in [6, 6.07) is 2.62. The first-order chi connectivity index (χ1) is 11.0. The molecule has 1 saturated heterocycles. The van der Waals surface area contributed by atoms with Crippen molar-refractivity contribution in [2.45, 2.75) is 37.8 Å². The topological polar surface area (TPSA) is 77.5 Å². The first-order valence-corrected chi connectivity index (χ1v) is 8.07. The van der Waals surface area contributed by atoms with Crippen LogP contribution in [0.5, 0.6) is 0 Å². The second kappa shape index (κ2) is 6.31. The molecule has 0 radical (unpaired) electrons. The number of halogens is 1. The number of carbonyl (C=O) groups is 1. The first-order valence-electron chi connectivity index (χ1n) is 8.07. The van der Waals surface area contributed by atoms with E-state index < -0.39 is 5.54 Å². The molecule has 0 aromatic carbocycles. The molecule has 1 saturated carbocycles. The largest absolute Gasteiger partial charge is 0.394 e. The SMILES string of the molecule is CC(CO)(NC(=O)NC1CCN(c2ncccc2F)C1)C1CC1. The van der Waals surface area contributed by atoms with Crippen LogP contribution in [0.2, 0.25) is 0 Å². The maximum absolute atomic E-state index is 13.8. The molecule has 1 aliphatic carbocycles. The van der Waals surface area contributed by atoms with Gasteiger partial charge in [0.1, 0.15) is 0 Å². The molecule has 3 rings (SSSR count). The Kier molecular flexibility index (Phi) is 4.39. The van der Waals surface area contributed by atoms with Crippen LogP contribution in [-0.4, -0.2) is 47.4 Å². The van der Waals surface area contributed by atoms with Crippen molar-refractivity contribution in [1.29, 1.82) is 0 Å². The molecule has 2 aliphatic rings. The van der Waals surface area contributed by atoms with Gasteiger partial charge in [-0.05, 0) is 44.2 Å². The Balaban J connectivity index is 1.53. The standard InChI is InChI=1S/C16H23FN4O2/c1-16(10-22,11-4-5-11)20-15(23)19-12-6-8-21(9-12)14-13(17)3-2-7-18-14/h2-3,7,11-12,22H,4-6,8-10H2,1H3,(H2,19,20,23). The quantitative estimate of drug-likeness (QED) is 0.763. The summed E-state index contributed by atoms with van der Waals surface area (Å²) in [6.45, 7) is 2.98. The highest BCUT2D eigenvalue weighted by Crippen LogP contribution is 2.39. The van der Waals surface area contributed by atoms with Gasteiger partial charge in [-0.1, -0.05) is 0 Å². The fraction of sp³-hybridized carbons (Fsp3) is 0.625. The van der Waals surface area contributed by atoms with Crippen LogP contribution in [0.1, 0.15) is 26.2 Å². The normalized spacial score (nSPS) is 23.4. The highest BCUT2D eigenvalue weighted by molar-refractivity contribution is 5.75. The maximum atomic E-state index is 13.8. The van der Waals surface area contributed by atoms with Gasteiger partial charge < -0.3 is 20.6 Å². The van der Waals surface area contributed by atoms with Crippen molar-refractivity contribution < 1.29 is 14.3 Å². The molecule has 0 spiro atoms. The molecule has 2 unspecified atom stereocenters. The van der Waals surface area contributed by atoms with E-state index in [0.29, 0.717) is 24.8 Å². The van der Waals surface area contributed by atoms with Crippen LogP contribution in [0, 0.1) is 11.7 Å². The Bertz CT molecular complexity index is 581. The van der Waals surface area contributed by atoms with E-state index in [9.17, 15) is 14.3 Å². The fourth-order valence-electron chi connectivity index (χ4n) is 3.15. The molecule has 2 atom stereocenters. The van der Waals surface area contributed by atoms with E-state index in [4.69, 9.17) is 0 Å². The van der Waals surface area contributed by atoms with Gasteiger partial charge in [-0.25, -0.2) is 14.2 Å². The van der Waals surface area contributed by atoms with Gasteiger partial charge in [0.2, 0.25) is 0 Å². The van der Waals surface area contributed by atoms with Crippen molar-refractivity contribution >= 4 is 11.8 Å². The number of aromatic nitrogens is 1. The molecular formula is C16H23FN4O2. The Morgan fingerprint density at radius 3 is 2.96 bits per heavy atom. The number of aliphatic hydroxyl groups is 1. The Morgan fingerprint density at radius 2 is 2.30 bits per heavy atom. The molecule has 2 fully saturated rings. The molecule has 23 heavy (non-hydrogen) atoms. The van der Waals surface area contributed by atoms with Crippen molar-refractivity contribution in [2.75, 3.05) is 24.6 Å². The van der Waals surface area contributed by atoms with E-state index in [1.165, 1.54) is 6.07 Å². The molecule has 6 nitrogen and oxygen atoms in total. The number of anilines is 1. The summed E-state index contributed by atoms with van der Waals surface area (Å²) in [5, 5.41) is 15.3. The average Bonchev–Trinajstić information content (AvgIpc) is 3.29. The van der Waals surface area contributed by atoms with Gasteiger partial charge in [0.15, 0.2) is 11.6 Å². The molecule has 1 aromatic heterocycles. The van der Waals surface area contributed by atoms with Gasteiger partial charge in [-0.15, -0.1) is 0 Å². The van der Waals surface area contributed by atoms with Gasteiger partial charge in [0.25, 0.3) is 0 Å². The van der Waals surface area contributed by atoms with Gasteiger partial charge in [-0.3, -0.25) is 0 Å². The number of amides is 2. The molecule has 1 aromatic rings. The van der Waals surface area contributed by atoms with Crippen molar-refractivity contribution in [3.63, 3.8) is 0 Å². The third kappa shape index (κ3) is 3.55. The second-order valence-corrected chi connectivity index (χ2v) is 6.69. The van der Waals surface area contributed by atoms with E-state index >= 15 is 0 Å². The smallest absolute Gasteiger partial charge is 0.315 e. The molecule has 1 aliphatic heterocycles. The molecule has 7 heteroatoms. The summed E-state index contributed by atoms with van der Waals surface area (Å²) >= 11 is 0. The summed E-state index contributed by atoms with van der Waals surface area (Å²) in [7, 11) is 0. The zero-order valence-corrected chi connectivity index (χ0v) is 13.3. The number of nitrogens with one attached hydrogen (secondary N) is 2. The summed E-state index contributed by atoms with van der Waals surface area (Å²) in [5.74, 6) is 0.329. The van der Waals surface area contributed by atoms with Crippen LogP contribution >= 0.6 is 0 Å². The number of rotatable bonds is 5. The summed E-state index contributed by atoms with van der Waals surface area (Å²) < 4.78 is 13.8. The van der Waals surface area contributed by atoms with E-state index in [2.05, 4.69) is 15.6 Å². The summed E-state index contributed by atoms with van der Waals surface area (Å²) in [6.07, 6.45) is 4.37. The number of hydrogen-bond acceptors (Lipinski definition) is 4. The van der Waals surface area contributed by atoms with Crippen molar-refractivity contribution in [2.24, 2.45) is 5.92 Å². The number of aliphatic hydroxyl groups excluding tert-OH is 1. The van der Waals surface area contributed by atoms with E-state index in [-0.39, 0.29) is 24.5 Å². The molecule has 0 bridgehead atoms. The second-order valence-electron chi connectivity index (χ2n) is 6.69. The predicted molar refractivity (Wildman–Crippen MR) is 84.7 cm³/mol. The van der Waals surface area contributed by atoms with Crippen LogP contribution in [0.15, 0.2) is 18.3 Å². The van der Waals surface area contributed by atoms with Gasteiger partial charge in [-0.2, -0.15) is 0 Å². The molecule has 2 amide bonds. The lowest BCUT2D eigenvalue weighted by Gasteiger charge is -2.29. The van der Waals surface area contributed by atoms with Crippen LogP contribution in [0.25, 0.3) is 0 Å². The van der Waals surface area contributed by atoms with Crippen LogP contribution in [0.4, 0.5) is 15.0 Å². The Morgan fingerprint density at radius 1 is 1.52 bits per heavy atom. The van der Waals surface area contributed by atoms with Crippen LogP contribution in [0.3, 0.4) is 0 Å². The minimum Gasteiger partial charge on any atom is -0.394 e. The highest BCUT2D eigenvalue weighted by Gasteiger charge is 2.42. The minimum atomic E-state index is -0.560. The van der Waals surface area contributed by atoms with E-state index in [0.717, 1.165) is 19.3 Å². The predicted octanol–water partition coefficient (Wildman–Crippen LogP) is 1.26. The fourth-order valence-corrected chi connectivity index (χ4v) is 3.15. The lowest BCUT2D eigenvalue weighted by Crippen LogP contribution is -2.56. The third-order valence-corrected chi connectivity index (χ3v) is 4.77. The number of pyridine rings is 1. The third-order valence-electron chi connectivity index (χ3n) is 4.77. The van der Waals surface area contributed by atoms with Crippen molar-refractivity contribution in [3.8, 4) is 0 Å². The Labute approximate surface area is 135 Å². The lowest BCUT2D eigenvalue weighted by atomic mass is 9.97. The van der Waals surface area contributed by atoms with Crippen LogP contribution < -0.4 is 15.5 Å². The zero-order chi connectivity index (χ0) is 16.4. The number of urea groups is 1. The number of carbonyl (C=O) groups excluding carboxylic acids is 1. The molecule has 126 valence electrons. The molecule has 3 N–H and O–H groups in total. The average molecular weight is 322 g/mol. The Hall–Kier alpha value is -1.89. The van der Waals surface area contributed by atoms with E-state index in [1.807, 2.05) is 11.8 Å². The number of hydrogen-bond donors (Lipinski definition) is 3. The monoisotopic (exact) mass is 322 g/mol. The summed E-state index contributed by atoms with van der Waals surface area (Å²) in [4.78, 5) is 18.1. The van der Waals surface area contributed by atoms with E-state index in [1.54, 1.807) is 12.3 Å². The first kappa shape index (κ1) is 16.0. The summed E-state index contributed by atoms with van der Waals surface area (Å²) in [5.41, 5.74) is -0.560. The van der Waals surface area contributed by atoms with Crippen molar-refractivity contribution in [1.82, 2.24) is 15.6 Å². The van der Waals surface area contributed by atoms with Crippen molar-refractivity contribution in [3.05, 3.63) is 24.1 Å². The number of nitrogens with zero attached hydrogens (tertiary/aromatic N) is 2. The van der Waals surface area contributed by atoms with Crippen LogP contribution in [-0.2, 0) is 0 Å². The molecule has 2 heterocycles. The zero-order valence-electron chi connectivity index (χ0n) is 13.3. The van der Waals surface area contributed by atoms with Gasteiger partial charge in [0, 0.05) is 25.3 Å².